The Morgan fingerprint density at radius 2 is 1.89 bits per heavy atom. The Hall–Kier alpha value is -0.680. The van der Waals surface area contributed by atoms with Gasteiger partial charge in [-0.2, -0.15) is 0 Å². The summed E-state index contributed by atoms with van der Waals surface area (Å²) in [6.07, 6.45) is 0. The van der Waals surface area contributed by atoms with E-state index in [2.05, 4.69) is 0 Å². The maximum absolute atomic E-state index is 12.4. The Balaban J connectivity index is 3.21. The Bertz CT molecular complexity index is 568. The van der Waals surface area contributed by atoms with E-state index in [9.17, 15) is 13.0 Å². The quantitative estimate of drug-likeness (QED) is 0.834. The number of primary sulfonamides is 1. The van der Waals surface area contributed by atoms with Crippen molar-refractivity contribution in [2.45, 2.75) is 18.7 Å². The number of hydrogen-bond donors (Lipinski definition) is 1. The van der Waals surface area contributed by atoms with Crippen molar-refractivity contribution in [1.82, 2.24) is 0 Å². The first kappa shape index (κ1) is 15.4. The highest BCUT2D eigenvalue weighted by Crippen LogP contribution is 2.43. The highest BCUT2D eigenvalue weighted by Gasteiger charge is 2.27. The van der Waals surface area contributed by atoms with Crippen LogP contribution in [-0.2, 0) is 19.1 Å². The lowest BCUT2D eigenvalue weighted by Gasteiger charge is -2.17. The lowest BCUT2D eigenvalue weighted by molar-refractivity contribution is 0.278. The van der Waals surface area contributed by atoms with Gasteiger partial charge in [-0.15, -0.1) is 0 Å². The summed E-state index contributed by atoms with van der Waals surface area (Å²) < 4.78 is 40.7. The van der Waals surface area contributed by atoms with Gasteiger partial charge >= 0.3 is 0 Å². The Labute approximate surface area is 108 Å². The molecule has 0 spiro atoms. The maximum atomic E-state index is 12.4. The molecule has 1 aromatic carbocycles. The van der Waals surface area contributed by atoms with Crippen molar-refractivity contribution in [3.8, 4) is 0 Å². The Kier molecular flexibility index (Phi) is 4.72. The maximum Gasteiger partial charge on any atom is 0.238 e. The molecule has 102 valence electrons. The van der Waals surface area contributed by atoms with Gasteiger partial charge in [-0.1, -0.05) is 26.0 Å². The van der Waals surface area contributed by atoms with Crippen LogP contribution in [-0.4, -0.2) is 21.7 Å². The van der Waals surface area contributed by atoms with E-state index < -0.39 is 17.4 Å². The van der Waals surface area contributed by atoms with Gasteiger partial charge in [-0.05, 0) is 18.1 Å². The highest BCUT2D eigenvalue weighted by atomic mass is 32.2. The normalized spacial score (nSPS) is 15.6. The van der Waals surface area contributed by atoms with Gasteiger partial charge in [-0.3, -0.25) is 4.57 Å². The van der Waals surface area contributed by atoms with Crippen molar-refractivity contribution in [2.24, 2.45) is 11.1 Å². The van der Waals surface area contributed by atoms with E-state index in [1.54, 1.807) is 6.07 Å². The molecule has 0 bridgehead atoms. The Morgan fingerprint density at radius 1 is 1.33 bits per heavy atom. The fraction of sp³-hybridized carbons (Fsp3) is 0.455. The van der Waals surface area contributed by atoms with E-state index in [-0.39, 0.29) is 16.1 Å². The van der Waals surface area contributed by atoms with Crippen LogP contribution < -0.4 is 10.4 Å². The number of benzene rings is 1. The van der Waals surface area contributed by atoms with Crippen LogP contribution in [0.5, 0.6) is 0 Å². The predicted octanol–water partition coefficient (Wildman–Crippen LogP) is 1.54. The molecule has 0 heterocycles. The van der Waals surface area contributed by atoms with Crippen molar-refractivity contribution >= 4 is 22.7 Å². The second kappa shape index (κ2) is 5.53. The van der Waals surface area contributed by atoms with Crippen molar-refractivity contribution in [3.63, 3.8) is 0 Å². The molecule has 18 heavy (non-hydrogen) atoms. The summed E-state index contributed by atoms with van der Waals surface area (Å²) in [7, 11) is -7.10. The summed E-state index contributed by atoms with van der Waals surface area (Å²) in [4.78, 5) is -0.139. The minimum absolute atomic E-state index is 0.139. The van der Waals surface area contributed by atoms with Gasteiger partial charge < -0.3 is 4.52 Å². The topological polar surface area (TPSA) is 86.5 Å². The molecule has 0 saturated heterocycles. The highest BCUT2D eigenvalue weighted by molar-refractivity contribution is 7.90. The summed E-state index contributed by atoms with van der Waals surface area (Å²) >= 11 is 0. The summed E-state index contributed by atoms with van der Waals surface area (Å²) in [6.45, 7) is 5.54. The molecule has 0 aliphatic heterocycles. The molecule has 2 N–H and O–H groups in total. The van der Waals surface area contributed by atoms with Gasteiger partial charge in [0.2, 0.25) is 17.4 Å². The molecule has 0 aromatic heterocycles. The first-order valence-corrected chi connectivity index (χ1v) is 9.11. The van der Waals surface area contributed by atoms with Crippen LogP contribution in [0.4, 0.5) is 0 Å². The zero-order valence-electron chi connectivity index (χ0n) is 10.7. The summed E-state index contributed by atoms with van der Waals surface area (Å²) in [5, 5.41) is 5.25. The molecule has 0 fully saturated rings. The molecule has 1 rings (SSSR count). The lowest BCUT2D eigenvalue weighted by atomic mass is 10.2. The number of nitrogens with two attached hydrogens (primary N) is 1. The van der Waals surface area contributed by atoms with E-state index >= 15 is 0 Å². The third kappa shape index (κ3) is 3.92. The fourth-order valence-electron chi connectivity index (χ4n) is 1.39. The molecule has 0 aliphatic rings. The molecule has 0 saturated carbocycles. The first-order valence-electron chi connectivity index (χ1n) is 5.49. The molecular formula is C11H18NO4PS. The minimum Gasteiger partial charge on any atom is -0.325 e. The van der Waals surface area contributed by atoms with Gasteiger partial charge in [0.1, 0.15) is 0 Å². The van der Waals surface area contributed by atoms with Crippen molar-refractivity contribution < 1.29 is 17.5 Å². The van der Waals surface area contributed by atoms with Crippen molar-refractivity contribution in [3.05, 3.63) is 24.3 Å². The SMILES string of the molecule is CC(C)COP(C)(=O)c1ccccc1S(N)(=O)=O. The zero-order valence-corrected chi connectivity index (χ0v) is 12.4. The third-order valence-corrected chi connectivity index (χ3v) is 5.29. The second-order valence-corrected chi connectivity index (χ2v) is 8.51. The minimum atomic E-state index is -3.91. The van der Waals surface area contributed by atoms with Crippen LogP contribution in [0.25, 0.3) is 0 Å². The molecule has 0 amide bonds. The molecule has 0 radical (unpaired) electrons. The second-order valence-electron chi connectivity index (χ2n) is 4.55. The van der Waals surface area contributed by atoms with Gasteiger partial charge in [0.15, 0.2) is 0 Å². The summed E-state index contributed by atoms with van der Waals surface area (Å²) in [5.41, 5.74) is 0. The van der Waals surface area contributed by atoms with Gasteiger partial charge in [0.25, 0.3) is 0 Å². The van der Waals surface area contributed by atoms with E-state index in [1.807, 2.05) is 13.8 Å². The summed E-state index contributed by atoms with van der Waals surface area (Å²) in [6, 6.07) is 5.95. The molecule has 1 atom stereocenters. The van der Waals surface area contributed by atoms with E-state index in [4.69, 9.17) is 9.66 Å². The molecule has 5 nitrogen and oxygen atoms in total. The molecular weight excluding hydrogens is 273 g/mol. The van der Waals surface area contributed by atoms with Crippen molar-refractivity contribution in [1.29, 1.82) is 0 Å². The number of rotatable bonds is 5. The van der Waals surface area contributed by atoms with Crippen molar-refractivity contribution in [2.75, 3.05) is 13.3 Å². The van der Waals surface area contributed by atoms with Crippen LogP contribution >= 0.6 is 7.37 Å². The third-order valence-electron chi connectivity index (χ3n) is 2.26. The van der Waals surface area contributed by atoms with Gasteiger partial charge in [0.05, 0.1) is 16.8 Å². The average Bonchev–Trinajstić information content (AvgIpc) is 2.25. The molecule has 0 aliphatic carbocycles. The monoisotopic (exact) mass is 291 g/mol. The first-order chi connectivity index (χ1) is 8.14. The van der Waals surface area contributed by atoms with E-state index in [1.165, 1.54) is 24.9 Å². The average molecular weight is 291 g/mol. The zero-order chi connectivity index (χ0) is 14.0. The molecule has 1 unspecified atom stereocenters. The number of hydrogen-bond acceptors (Lipinski definition) is 4. The molecule has 1 aromatic rings. The van der Waals surface area contributed by atoms with Gasteiger partial charge in [-0.25, -0.2) is 13.6 Å². The van der Waals surface area contributed by atoms with E-state index in [0.29, 0.717) is 6.61 Å². The van der Waals surface area contributed by atoms with Crippen LogP contribution in [0.1, 0.15) is 13.8 Å². The predicted molar refractivity (Wildman–Crippen MR) is 71.8 cm³/mol. The Morgan fingerprint density at radius 3 is 2.39 bits per heavy atom. The molecule has 7 heteroatoms. The van der Waals surface area contributed by atoms with Crippen LogP contribution in [0.3, 0.4) is 0 Å². The fourth-order valence-corrected chi connectivity index (χ4v) is 4.45. The van der Waals surface area contributed by atoms with E-state index in [0.717, 1.165) is 0 Å². The lowest BCUT2D eigenvalue weighted by Crippen LogP contribution is -2.22. The standard InChI is InChI=1S/C11H18NO4PS/c1-9(2)8-16-17(3,13)10-6-4-5-7-11(10)18(12,14)15/h4-7,9H,8H2,1-3H3,(H2,12,14,15). The van der Waals surface area contributed by atoms with Gasteiger partial charge in [0, 0.05) is 6.66 Å². The van der Waals surface area contributed by atoms with Crippen LogP contribution in [0.15, 0.2) is 29.2 Å². The number of sulfonamides is 1. The summed E-state index contributed by atoms with van der Waals surface area (Å²) in [5.74, 6) is 0.208. The largest absolute Gasteiger partial charge is 0.325 e. The van der Waals surface area contributed by atoms with Crippen LogP contribution in [0, 0.1) is 5.92 Å². The van der Waals surface area contributed by atoms with Crippen LogP contribution in [0.2, 0.25) is 0 Å². The smallest absolute Gasteiger partial charge is 0.238 e.